The number of nitrogens with zero attached hydrogens (tertiary/aromatic N) is 2. The molecule has 2 rings (SSSR count). The lowest BCUT2D eigenvalue weighted by molar-refractivity contribution is -0.380. The van der Waals surface area contributed by atoms with Crippen LogP contribution in [0.15, 0.2) is 35.7 Å². The number of anilines is 1. The summed E-state index contributed by atoms with van der Waals surface area (Å²) in [7, 11) is -4.02. The van der Waals surface area contributed by atoms with E-state index in [1.54, 1.807) is 12.1 Å². The van der Waals surface area contributed by atoms with E-state index < -0.39 is 20.8 Å². The van der Waals surface area contributed by atoms with E-state index in [0.717, 1.165) is 17.0 Å². The van der Waals surface area contributed by atoms with Crippen LogP contribution in [0.3, 0.4) is 0 Å². The van der Waals surface area contributed by atoms with Crippen LogP contribution in [0.4, 0.5) is 10.7 Å². The average molecular weight is 439 g/mol. The summed E-state index contributed by atoms with van der Waals surface area (Å²) in [6.07, 6.45) is 0. The van der Waals surface area contributed by atoms with Crippen LogP contribution in [0.25, 0.3) is 0 Å². The van der Waals surface area contributed by atoms with Crippen LogP contribution < -0.4 is 9.08 Å². The van der Waals surface area contributed by atoms with Gasteiger partial charge in [0.25, 0.3) is 0 Å². The summed E-state index contributed by atoms with van der Waals surface area (Å²) >= 11 is 12.4. The number of alkyl halides is 2. The molecule has 0 amide bonds. The van der Waals surface area contributed by atoms with E-state index in [2.05, 4.69) is 0 Å². The lowest BCUT2D eigenvalue weighted by Gasteiger charge is -2.22. The van der Waals surface area contributed by atoms with Crippen LogP contribution in [0.1, 0.15) is 5.56 Å². The molecular formula is C15H16Cl2N2O5S2. The van der Waals surface area contributed by atoms with Gasteiger partial charge in [-0.1, -0.05) is 11.3 Å². The standard InChI is InChI=1S/C15H16Cl2N2O5S2/c16-6-8-18(9-7-17)13-1-3-14(4-2-13)24-26(22,23)11-12-5-10-25-15(12)19(20)21/h1-5,10H,6-9,11H2. The lowest BCUT2D eigenvalue weighted by Crippen LogP contribution is -2.27. The first-order chi connectivity index (χ1) is 12.4. The Kier molecular flexibility index (Phi) is 7.51. The van der Waals surface area contributed by atoms with Crippen LogP contribution in [0.2, 0.25) is 0 Å². The van der Waals surface area contributed by atoms with Gasteiger partial charge in [-0.15, -0.1) is 23.2 Å². The first kappa shape index (κ1) is 20.8. The molecule has 1 aromatic heterocycles. The number of rotatable bonds is 10. The molecule has 2 aromatic rings. The Labute approximate surface area is 165 Å². The van der Waals surface area contributed by atoms with Gasteiger partial charge in [-0.05, 0) is 35.7 Å². The highest BCUT2D eigenvalue weighted by Crippen LogP contribution is 2.28. The van der Waals surface area contributed by atoms with Crippen molar-refractivity contribution in [3.05, 3.63) is 51.4 Å². The summed E-state index contributed by atoms with van der Waals surface area (Å²) < 4.78 is 29.4. The van der Waals surface area contributed by atoms with Gasteiger partial charge in [-0.25, -0.2) is 0 Å². The molecule has 0 radical (unpaired) electrons. The second-order valence-corrected chi connectivity index (χ2v) is 8.37. The van der Waals surface area contributed by atoms with Gasteiger partial charge in [-0.3, -0.25) is 10.1 Å². The van der Waals surface area contributed by atoms with Crippen LogP contribution in [-0.4, -0.2) is 38.2 Å². The van der Waals surface area contributed by atoms with Crippen LogP contribution in [-0.2, 0) is 15.9 Å². The molecule has 0 spiro atoms. The molecule has 0 saturated carbocycles. The minimum absolute atomic E-state index is 0.104. The number of hydrogen-bond donors (Lipinski definition) is 0. The van der Waals surface area contributed by atoms with Gasteiger partial charge in [0.1, 0.15) is 11.5 Å². The van der Waals surface area contributed by atoms with Crippen molar-refractivity contribution in [3.63, 3.8) is 0 Å². The van der Waals surface area contributed by atoms with Crippen molar-refractivity contribution in [1.82, 2.24) is 0 Å². The molecule has 0 bridgehead atoms. The Morgan fingerprint density at radius 1 is 1.12 bits per heavy atom. The predicted octanol–water partition coefficient (Wildman–Crippen LogP) is 3.85. The van der Waals surface area contributed by atoms with E-state index in [0.29, 0.717) is 24.8 Å². The van der Waals surface area contributed by atoms with Gasteiger partial charge >= 0.3 is 15.1 Å². The minimum Gasteiger partial charge on any atom is -0.382 e. The zero-order valence-corrected chi connectivity index (χ0v) is 16.7. The van der Waals surface area contributed by atoms with Gasteiger partial charge < -0.3 is 9.08 Å². The van der Waals surface area contributed by atoms with E-state index in [-0.39, 0.29) is 16.3 Å². The van der Waals surface area contributed by atoms with Crippen molar-refractivity contribution in [1.29, 1.82) is 0 Å². The third-order valence-corrected chi connectivity index (χ3v) is 5.71. The Hall–Kier alpha value is -1.55. The number of halogens is 2. The fraction of sp³-hybridized carbons (Fsp3) is 0.333. The molecular weight excluding hydrogens is 423 g/mol. The van der Waals surface area contributed by atoms with Crippen molar-refractivity contribution in [2.75, 3.05) is 29.7 Å². The van der Waals surface area contributed by atoms with E-state index in [4.69, 9.17) is 27.4 Å². The molecule has 0 N–H and O–H groups in total. The fourth-order valence-electron chi connectivity index (χ4n) is 2.25. The monoisotopic (exact) mass is 438 g/mol. The molecule has 0 aliphatic rings. The van der Waals surface area contributed by atoms with Gasteiger partial charge in [-0.2, -0.15) is 8.42 Å². The van der Waals surface area contributed by atoms with E-state index in [9.17, 15) is 18.5 Å². The molecule has 26 heavy (non-hydrogen) atoms. The molecule has 0 unspecified atom stereocenters. The van der Waals surface area contributed by atoms with Crippen molar-refractivity contribution >= 4 is 55.3 Å². The second kappa shape index (κ2) is 9.40. The Balaban J connectivity index is 2.09. The zero-order chi connectivity index (χ0) is 19.2. The normalized spacial score (nSPS) is 11.3. The number of nitro groups is 1. The van der Waals surface area contributed by atoms with Gasteiger partial charge in [0.2, 0.25) is 0 Å². The fourth-order valence-corrected chi connectivity index (χ4v) is 4.57. The summed E-state index contributed by atoms with van der Waals surface area (Å²) in [5, 5.41) is 12.2. The molecule has 1 heterocycles. The summed E-state index contributed by atoms with van der Waals surface area (Å²) in [6, 6.07) is 7.85. The topological polar surface area (TPSA) is 89.8 Å². The first-order valence-corrected chi connectivity index (χ1v) is 11.0. The molecule has 11 heteroatoms. The SMILES string of the molecule is O=[N+]([O-])c1sccc1CS(=O)(=O)Oc1ccc(N(CCCl)CCCl)cc1. The lowest BCUT2D eigenvalue weighted by atomic mass is 10.2. The van der Waals surface area contributed by atoms with Crippen LogP contribution in [0, 0.1) is 10.1 Å². The van der Waals surface area contributed by atoms with E-state index >= 15 is 0 Å². The van der Waals surface area contributed by atoms with Gasteiger partial charge in [0.05, 0.1) is 10.5 Å². The Bertz CT molecular complexity index is 834. The summed E-state index contributed by atoms with van der Waals surface area (Å²) in [4.78, 5) is 12.3. The smallest absolute Gasteiger partial charge is 0.328 e. The summed E-state index contributed by atoms with van der Waals surface area (Å²) in [6.45, 7) is 1.21. The van der Waals surface area contributed by atoms with E-state index in [1.807, 2.05) is 4.90 Å². The van der Waals surface area contributed by atoms with Crippen molar-refractivity contribution < 1.29 is 17.5 Å². The number of thiophene rings is 1. The molecule has 0 aliphatic heterocycles. The third-order valence-electron chi connectivity index (χ3n) is 3.36. The highest BCUT2D eigenvalue weighted by Gasteiger charge is 2.23. The number of benzene rings is 1. The zero-order valence-electron chi connectivity index (χ0n) is 13.5. The summed E-state index contributed by atoms with van der Waals surface area (Å²) in [5.74, 6) is 0.425. The van der Waals surface area contributed by atoms with Gasteiger partial charge in [0.15, 0.2) is 0 Å². The molecule has 0 fully saturated rings. The number of hydrogen-bond acceptors (Lipinski definition) is 7. The quantitative estimate of drug-likeness (QED) is 0.242. The Morgan fingerprint density at radius 2 is 1.73 bits per heavy atom. The van der Waals surface area contributed by atoms with Crippen LogP contribution in [0.5, 0.6) is 5.75 Å². The highest BCUT2D eigenvalue weighted by atomic mass is 35.5. The molecule has 1 aromatic carbocycles. The van der Waals surface area contributed by atoms with Crippen molar-refractivity contribution in [2.45, 2.75) is 5.75 Å². The van der Waals surface area contributed by atoms with Crippen LogP contribution >= 0.6 is 34.5 Å². The summed E-state index contributed by atoms with van der Waals surface area (Å²) in [5.41, 5.74) is 0.941. The first-order valence-electron chi connectivity index (χ1n) is 7.46. The maximum atomic E-state index is 12.2. The molecule has 7 nitrogen and oxygen atoms in total. The van der Waals surface area contributed by atoms with Gasteiger partial charge in [0, 0.05) is 30.5 Å². The third kappa shape index (κ3) is 5.73. The largest absolute Gasteiger partial charge is 0.382 e. The Morgan fingerprint density at radius 3 is 2.27 bits per heavy atom. The molecule has 142 valence electrons. The maximum Gasteiger partial charge on any atom is 0.328 e. The van der Waals surface area contributed by atoms with Crippen molar-refractivity contribution in [2.24, 2.45) is 0 Å². The van der Waals surface area contributed by atoms with Crippen molar-refractivity contribution in [3.8, 4) is 5.75 Å². The predicted molar refractivity (Wildman–Crippen MR) is 104 cm³/mol. The molecule has 0 saturated heterocycles. The minimum atomic E-state index is -4.02. The highest BCUT2D eigenvalue weighted by molar-refractivity contribution is 7.86. The van der Waals surface area contributed by atoms with E-state index in [1.165, 1.54) is 23.6 Å². The maximum absolute atomic E-state index is 12.2. The second-order valence-electron chi connectivity index (χ2n) is 5.15. The molecule has 0 atom stereocenters. The molecule has 0 aliphatic carbocycles. The average Bonchev–Trinajstić information content (AvgIpc) is 3.02.